The highest BCUT2D eigenvalue weighted by Crippen LogP contribution is 2.27. The minimum atomic E-state index is -0.0314. The number of benzene rings is 2. The van der Waals surface area contributed by atoms with Crippen LogP contribution in [0, 0.1) is 6.92 Å². The van der Waals surface area contributed by atoms with Crippen molar-refractivity contribution in [1.82, 2.24) is 0 Å². The summed E-state index contributed by atoms with van der Waals surface area (Å²) in [6, 6.07) is 12.4. The lowest BCUT2D eigenvalue weighted by Gasteiger charge is -2.12. The zero-order chi connectivity index (χ0) is 10.8. The normalized spacial score (nSPS) is 12.7. The van der Waals surface area contributed by atoms with Gasteiger partial charge in [0.1, 0.15) is 6.29 Å². The van der Waals surface area contributed by atoms with Gasteiger partial charge in [0.25, 0.3) is 0 Å². The maximum atomic E-state index is 10.9. The van der Waals surface area contributed by atoms with Gasteiger partial charge in [0.15, 0.2) is 0 Å². The number of fused-ring (bicyclic) bond motifs is 1. The fourth-order valence-electron chi connectivity index (χ4n) is 2.08. The highest BCUT2D eigenvalue weighted by Gasteiger charge is 2.10. The van der Waals surface area contributed by atoms with Crippen molar-refractivity contribution >= 4 is 17.1 Å². The van der Waals surface area contributed by atoms with E-state index in [1.165, 1.54) is 16.3 Å². The standard InChI is InChI=1S/C14H14O/c1-10-7-8-12-5-3-4-6-13(12)14(10)11(2)9-15/h3-9,11H,1-2H3. The first-order valence-electron chi connectivity index (χ1n) is 5.17. The third-order valence-corrected chi connectivity index (χ3v) is 2.85. The van der Waals surface area contributed by atoms with E-state index in [-0.39, 0.29) is 5.92 Å². The molecule has 0 fully saturated rings. The van der Waals surface area contributed by atoms with E-state index in [0.29, 0.717) is 0 Å². The molecule has 76 valence electrons. The summed E-state index contributed by atoms with van der Waals surface area (Å²) in [7, 11) is 0. The summed E-state index contributed by atoms with van der Waals surface area (Å²) >= 11 is 0. The first-order valence-corrected chi connectivity index (χ1v) is 5.17. The van der Waals surface area contributed by atoms with Crippen LogP contribution in [0.5, 0.6) is 0 Å². The summed E-state index contributed by atoms with van der Waals surface area (Å²) in [5, 5.41) is 2.39. The molecular weight excluding hydrogens is 184 g/mol. The Morgan fingerprint density at radius 2 is 1.87 bits per heavy atom. The number of hydrogen-bond donors (Lipinski definition) is 0. The second kappa shape index (κ2) is 3.85. The zero-order valence-electron chi connectivity index (χ0n) is 9.03. The van der Waals surface area contributed by atoms with Crippen LogP contribution < -0.4 is 0 Å². The molecule has 1 nitrogen and oxygen atoms in total. The largest absolute Gasteiger partial charge is 0.303 e. The molecule has 0 spiro atoms. The van der Waals surface area contributed by atoms with Gasteiger partial charge in [-0.2, -0.15) is 0 Å². The Morgan fingerprint density at radius 3 is 2.60 bits per heavy atom. The highest BCUT2D eigenvalue weighted by molar-refractivity contribution is 5.89. The molecule has 1 atom stereocenters. The second-order valence-electron chi connectivity index (χ2n) is 3.94. The van der Waals surface area contributed by atoms with E-state index in [1.54, 1.807) is 0 Å². The Bertz CT molecular complexity index is 500. The topological polar surface area (TPSA) is 17.1 Å². The van der Waals surface area contributed by atoms with Crippen molar-refractivity contribution < 1.29 is 4.79 Å². The predicted octanol–water partition coefficient (Wildman–Crippen LogP) is 3.45. The van der Waals surface area contributed by atoms with Crippen LogP contribution in [0.2, 0.25) is 0 Å². The number of carbonyl (C=O) groups excluding carboxylic acids is 1. The van der Waals surface area contributed by atoms with Crippen LogP contribution in [0.25, 0.3) is 10.8 Å². The summed E-state index contributed by atoms with van der Waals surface area (Å²) in [4.78, 5) is 10.9. The van der Waals surface area contributed by atoms with Crippen molar-refractivity contribution in [3.63, 3.8) is 0 Å². The van der Waals surface area contributed by atoms with Gasteiger partial charge < -0.3 is 4.79 Å². The van der Waals surface area contributed by atoms with Crippen LogP contribution in [0.4, 0.5) is 0 Å². The van der Waals surface area contributed by atoms with Crippen molar-refractivity contribution in [1.29, 1.82) is 0 Å². The average Bonchev–Trinajstić information content (AvgIpc) is 2.28. The fourth-order valence-corrected chi connectivity index (χ4v) is 2.08. The molecule has 0 heterocycles. The predicted molar refractivity (Wildman–Crippen MR) is 63.2 cm³/mol. The van der Waals surface area contributed by atoms with Gasteiger partial charge in [-0.3, -0.25) is 0 Å². The molecule has 0 amide bonds. The van der Waals surface area contributed by atoms with Crippen LogP contribution >= 0.6 is 0 Å². The summed E-state index contributed by atoms with van der Waals surface area (Å²) in [6.45, 7) is 4.00. The molecule has 1 unspecified atom stereocenters. The molecule has 0 aromatic heterocycles. The zero-order valence-corrected chi connectivity index (χ0v) is 9.03. The highest BCUT2D eigenvalue weighted by atomic mass is 16.1. The summed E-state index contributed by atoms with van der Waals surface area (Å²) in [5.41, 5.74) is 2.34. The summed E-state index contributed by atoms with van der Waals surface area (Å²) in [5.74, 6) is -0.0314. The van der Waals surface area contributed by atoms with E-state index in [2.05, 4.69) is 31.2 Å². The number of rotatable bonds is 2. The van der Waals surface area contributed by atoms with Crippen LogP contribution in [0.1, 0.15) is 24.0 Å². The van der Waals surface area contributed by atoms with E-state index < -0.39 is 0 Å². The number of aryl methyl sites for hydroxylation is 1. The van der Waals surface area contributed by atoms with Gasteiger partial charge in [-0.25, -0.2) is 0 Å². The SMILES string of the molecule is Cc1ccc2ccccc2c1C(C)C=O. The Hall–Kier alpha value is -1.63. The van der Waals surface area contributed by atoms with Crippen molar-refractivity contribution in [3.8, 4) is 0 Å². The van der Waals surface area contributed by atoms with Crippen molar-refractivity contribution in [2.24, 2.45) is 0 Å². The van der Waals surface area contributed by atoms with Gasteiger partial charge in [-0.1, -0.05) is 43.3 Å². The van der Waals surface area contributed by atoms with E-state index in [9.17, 15) is 4.79 Å². The van der Waals surface area contributed by atoms with Crippen LogP contribution in [0.3, 0.4) is 0 Å². The average molecular weight is 198 g/mol. The van der Waals surface area contributed by atoms with Gasteiger partial charge in [-0.05, 0) is 28.8 Å². The molecule has 15 heavy (non-hydrogen) atoms. The molecular formula is C14H14O. The molecule has 0 saturated carbocycles. The molecule has 1 heteroatoms. The van der Waals surface area contributed by atoms with Gasteiger partial charge in [0.05, 0.1) is 0 Å². The van der Waals surface area contributed by atoms with Gasteiger partial charge >= 0.3 is 0 Å². The molecule has 0 saturated heterocycles. The van der Waals surface area contributed by atoms with E-state index in [1.807, 2.05) is 19.1 Å². The molecule has 2 rings (SSSR count). The molecule has 0 aliphatic carbocycles. The van der Waals surface area contributed by atoms with Gasteiger partial charge in [-0.15, -0.1) is 0 Å². The Balaban J connectivity index is 2.79. The van der Waals surface area contributed by atoms with Crippen LogP contribution in [-0.2, 0) is 4.79 Å². The minimum absolute atomic E-state index is 0.0314. The Morgan fingerprint density at radius 1 is 1.13 bits per heavy atom. The lowest BCUT2D eigenvalue weighted by molar-refractivity contribution is -0.108. The number of carbonyl (C=O) groups is 1. The van der Waals surface area contributed by atoms with Crippen molar-refractivity contribution in [3.05, 3.63) is 47.5 Å². The lowest BCUT2D eigenvalue weighted by Crippen LogP contribution is -1.98. The molecule has 0 aliphatic heterocycles. The van der Waals surface area contributed by atoms with Crippen molar-refractivity contribution in [2.45, 2.75) is 19.8 Å². The van der Waals surface area contributed by atoms with Crippen LogP contribution in [0.15, 0.2) is 36.4 Å². The monoisotopic (exact) mass is 198 g/mol. The molecule has 2 aromatic carbocycles. The maximum absolute atomic E-state index is 10.9. The first kappa shape index (κ1) is 9.91. The first-order chi connectivity index (χ1) is 7.24. The quantitative estimate of drug-likeness (QED) is 0.675. The molecule has 0 aliphatic rings. The minimum Gasteiger partial charge on any atom is -0.303 e. The van der Waals surface area contributed by atoms with E-state index in [4.69, 9.17) is 0 Å². The fraction of sp³-hybridized carbons (Fsp3) is 0.214. The van der Waals surface area contributed by atoms with Gasteiger partial charge in [0, 0.05) is 5.92 Å². The molecule has 0 bridgehead atoms. The second-order valence-corrected chi connectivity index (χ2v) is 3.94. The Labute approximate surface area is 89.7 Å². The number of hydrogen-bond acceptors (Lipinski definition) is 1. The summed E-state index contributed by atoms with van der Waals surface area (Å²) < 4.78 is 0. The van der Waals surface area contributed by atoms with Crippen LogP contribution in [-0.4, -0.2) is 6.29 Å². The maximum Gasteiger partial charge on any atom is 0.127 e. The number of aldehydes is 1. The molecule has 0 N–H and O–H groups in total. The third-order valence-electron chi connectivity index (χ3n) is 2.85. The lowest BCUT2D eigenvalue weighted by atomic mass is 9.92. The Kier molecular flexibility index (Phi) is 2.55. The van der Waals surface area contributed by atoms with Gasteiger partial charge in [0.2, 0.25) is 0 Å². The van der Waals surface area contributed by atoms with Crippen molar-refractivity contribution in [2.75, 3.05) is 0 Å². The van der Waals surface area contributed by atoms with E-state index in [0.717, 1.165) is 11.8 Å². The van der Waals surface area contributed by atoms with E-state index >= 15 is 0 Å². The molecule has 2 aromatic rings. The third kappa shape index (κ3) is 1.65. The summed E-state index contributed by atoms with van der Waals surface area (Å²) in [6.07, 6.45) is 1.01. The molecule has 0 radical (unpaired) electrons. The smallest absolute Gasteiger partial charge is 0.127 e.